The second-order valence-corrected chi connectivity index (χ2v) is 5.86. The molecule has 1 saturated carbocycles. The Morgan fingerprint density at radius 2 is 1.85 bits per heavy atom. The van der Waals surface area contributed by atoms with Crippen LogP contribution < -0.4 is 0 Å². The lowest BCUT2D eigenvalue weighted by Gasteiger charge is -2.38. The second-order valence-electron chi connectivity index (χ2n) is 5.06. The first kappa shape index (κ1) is 11.5. The van der Waals surface area contributed by atoms with Crippen molar-refractivity contribution in [1.29, 1.82) is 0 Å². The lowest BCUT2D eigenvalue weighted by Crippen LogP contribution is -2.38. The predicted molar refractivity (Wildman–Crippen MR) is 62.5 cm³/mol. The van der Waals surface area contributed by atoms with E-state index in [4.69, 9.17) is 0 Å². The maximum atomic E-state index is 3.50. The van der Waals surface area contributed by atoms with Crippen LogP contribution in [0.15, 0.2) is 0 Å². The molecule has 1 fully saturated rings. The lowest BCUT2D eigenvalue weighted by molar-refractivity contribution is 0.133. The Bertz CT molecular complexity index is 146. The molecular weight excluding hydrogens is 226 g/mol. The van der Waals surface area contributed by atoms with Gasteiger partial charge >= 0.3 is 0 Å². The highest BCUT2D eigenvalue weighted by Crippen LogP contribution is 2.36. The van der Waals surface area contributed by atoms with Crippen molar-refractivity contribution in [3.8, 4) is 0 Å². The summed E-state index contributed by atoms with van der Waals surface area (Å²) in [6.07, 6.45) is 5.56. The summed E-state index contributed by atoms with van der Waals surface area (Å²) in [5.74, 6) is 0. The molecule has 0 spiro atoms. The average Bonchev–Trinajstić information content (AvgIpc) is 2.04. The standard InChI is InChI=1S/C11H22BrN/c1-11(2)6-4-10(5-7-11)13(3)9-8-12/h10H,4-9H2,1-3H3. The summed E-state index contributed by atoms with van der Waals surface area (Å²) >= 11 is 3.50. The highest BCUT2D eigenvalue weighted by atomic mass is 79.9. The maximum Gasteiger partial charge on any atom is 0.0159 e. The lowest BCUT2D eigenvalue weighted by atomic mass is 9.75. The molecule has 1 aliphatic rings. The number of hydrogen-bond donors (Lipinski definition) is 0. The van der Waals surface area contributed by atoms with Crippen molar-refractivity contribution < 1.29 is 0 Å². The molecule has 78 valence electrons. The maximum absolute atomic E-state index is 3.50. The monoisotopic (exact) mass is 247 g/mol. The Kier molecular flexibility index (Phi) is 4.24. The third kappa shape index (κ3) is 3.59. The van der Waals surface area contributed by atoms with Crippen LogP contribution in [0.1, 0.15) is 39.5 Å². The SMILES string of the molecule is CN(CCBr)C1CCC(C)(C)CC1. The van der Waals surface area contributed by atoms with Crippen molar-refractivity contribution in [2.45, 2.75) is 45.6 Å². The van der Waals surface area contributed by atoms with E-state index in [-0.39, 0.29) is 0 Å². The van der Waals surface area contributed by atoms with Crippen molar-refractivity contribution in [2.75, 3.05) is 18.9 Å². The van der Waals surface area contributed by atoms with Gasteiger partial charge in [-0.1, -0.05) is 29.8 Å². The van der Waals surface area contributed by atoms with Gasteiger partial charge in [0, 0.05) is 17.9 Å². The highest BCUT2D eigenvalue weighted by Gasteiger charge is 2.28. The number of halogens is 1. The molecule has 0 unspecified atom stereocenters. The Labute approximate surface area is 91.0 Å². The minimum Gasteiger partial charge on any atom is -0.303 e. The molecule has 0 aromatic carbocycles. The van der Waals surface area contributed by atoms with Gasteiger partial charge in [0.1, 0.15) is 0 Å². The van der Waals surface area contributed by atoms with Crippen molar-refractivity contribution in [3.63, 3.8) is 0 Å². The Hall–Kier alpha value is 0.440. The van der Waals surface area contributed by atoms with Gasteiger partial charge in [0.05, 0.1) is 0 Å². The summed E-state index contributed by atoms with van der Waals surface area (Å²) in [5, 5.41) is 1.10. The molecular formula is C11H22BrN. The van der Waals surface area contributed by atoms with E-state index < -0.39 is 0 Å². The molecule has 1 nitrogen and oxygen atoms in total. The topological polar surface area (TPSA) is 3.24 Å². The molecule has 0 aromatic rings. The van der Waals surface area contributed by atoms with Crippen LogP contribution in [0.2, 0.25) is 0 Å². The molecule has 0 amide bonds. The normalized spacial score (nSPS) is 23.8. The van der Waals surface area contributed by atoms with Gasteiger partial charge in [-0.25, -0.2) is 0 Å². The fourth-order valence-corrected chi connectivity index (χ4v) is 2.70. The van der Waals surface area contributed by atoms with Gasteiger partial charge in [-0.2, -0.15) is 0 Å². The molecule has 2 heteroatoms. The van der Waals surface area contributed by atoms with Crippen LogP contribution in [0.3, 0.4) is 0 Å². The molecule has 0 N–H and O–H groups in total. The molecule has 0 bridgehead atoms. The van der Waals surface area contributed by atoms with E-state index in [9.17, 15) is 0 Å². The van der Waals surface area contributed by atoms with Crippen molar-refractivity contribution in [2.24, 2.45) is 5.41 Å². The molecule has 0 aromatic heterocycles. The fourth-order valence-electron chi connectivity index (χ4n) is 2.14. The van der Waals surface area contributed by atoms with E-state index in [1.807, 2.05) is 0 Å². The Morgan fingerprint density at radius 3 is 2.31 bits per heavy atom. The van der Waals surface area contributed by atoms with Gasteiger partial charge in [0.25, 0.3) is 0 Å². The molecule has 1 rings (SSSR count). The first-order chi connectivity index (χ1) is 6.05. The van der Waals surface area contributed by atoms with E-state index in [0.29, 0.717) is 5.41 Å². The number of nitrogens with zero attached hydrogens (tertiary/aromatic N) is 1. The first-order valence-corrected chi connectivity index (χ1v) is 6.43. The van der Waals surface area contributed by atoms with Crippen molar-refractivity contribution in [1.82, 2.24) is 4.90 Å². The van der Waals surface area contributed by atoms with Crippen LogP contribution in [0.4, 0.5) is 0 Å². The zero-order valence-electron chi connectivity index (χ0n) is 9.15. The number of alkyl halides is 1. The summed E-state index contributed by atoms with van der Waals surface area (Å²) in [6.45, 7) is 5.98. The smallest absolute Gasteiger partial charge is 0.0159 e. The first-order valence-electron chi connectivity index (χ1n) is 5.31. The largest absolute Gasteiger partial charge is 0.303 e. The van der Waals surface area contributed by atoms with Gasteiger partial charge in [0.15, 0.2) is 0 Å². The summed E-state index contributed by atoms with van der Waals surface area (Å²) in [4.78, 5) is 2.50. The minimum atomic E-state index is 0.603. The van der Waals surface area contributed by atoms with E-state index in [1.54, 1.807) is 0 Å². The van der Waals surface area contributed by atoms with E-state index in [0.717, 1.165) is 11.4 Å². The van der Waals surface area contributed by atoms with Gasteiger partial charge in [0.2, 0.25) is 0 Å². The summed E-state index contributed by atoms with van der Waals surface area (Å²) in [6, 6.07) is 0.838. The molecule has 13 heavy (non-hydrogen) atoms. The fraction of sp³-hybridized carbons (Fsp3) is 1.00. The molecule has 0 aliphatic heterocycles. The minimum absolute atomic E-state index is 0.603. The predicted octanol–water partition coefficient (Wildman–Crippen LogP) is 3.28. The zero-order valence-corrected chi connectivity index (χ0v) is 10.7. The van der Waals surface area contributed by atoms with Crippen LogP contribution in [-0.2, 0) is 0 Å². The average molecular weight is 248 g/mol. The zero-order chi connectivity index (χ0) is 9.90. The summed E-state index contributed by atoms with van der Waals surface area (Å²) in [5.41, 5.74) is 0.603. The molecule has 0 radical (unpaired) electrons. The van der Waals surface area contributed by atoms with Gasteiger partial charge in [-0.3, -0.25) is 0 Å². The highest BCUT2D eigenvalue weighted by molar-refractivity contribution is 9.09. The van der Waals surface area contributed by atoms with Crippen LogP contribution in [0.5, 0.6) is 0 Å². The number of rotatable bonds is 3. The quantitative estimate of drug-likeness (QED) is 0.693. The number of hydrogen-bond acceptors (Lipinski definition) is 1. The second kappa shape index (κ2) is 4.79. The molecule has 0 saturated heterocycles. The van der Waals surface area contributed by atoms with Crippen molar-refractivity contribution in [3.05, 3.63) is 0 Å². The molecule has 0 atom stereocenters. The Balaban J connectivity index is 2.32. The van der Waals surface area contributed by atoms with Gasteiger partial charge < -0.3 is 4.90 Å². The van der Waals surface area contributed by atoms with Gasteiger partial charge in [-0.05, 0) is 38.1 Å². The summed E-state index contributed by atoms with van der Waals surface area (Å²) < 4.78 is 0. The van der Waals surface area contributed by atoms with Crippen LogP contribution in [0, 0.1) is 5.41 Å². The van der Waals surface area contributed by atoms with E-state index >= 15 is 0 Å². The molecule has 0 heterocycles. The van der Waals surface area contributed by atoms with Crippen molar-refractivity contribution >= 4 is 15.9 Å². The Morgan fingerprint density at radius 1 is 1.31 bits per heavy atom. The van der Waals surface area contributed by atoms with Crippen LogP contribution in [0.25, 0.3) is 0 Å². The molecule has 1 aliphatic carbocycles. The van der Waals surface area contributed by atoms with E-state index in [1.165, 1.54) is 32.2 Å². The summed E-state index contributed by atoms with van der Waals surface area (Å²) in [7, 11) is 2.25. The third-order valence-corrected chi connectivity index (χ3v) is 3.72. The van der Waals surface area contributed by atoms with Gasteiger partial charge in [-0.15, -0.1) is 0 Å². The van der Waals surface area contributed by atoms with E-state index in [2.05, 4.69) is 41.7 Å². The van der Waals surface area contributed by atoms with Crippen LogP contribution in [-0.4, -0.2) is 29.9 Å². The van der Waals surface area contributed by atoms with Crippen LogP contribution >= 0.6 is 15.9 Å². The third-order valence-electron chi connectivity index (χ3n) is 3.37.